The molecule has 108 valence electrons. The van der Waals surface area contributed by atoms with Gasteiger partial charge < -0.3 is 0 Å². The lowest BCUT2D eigenvalue weighted by Gasteiger charge is -2.34. The monoisotopic (exact) mass is 301 g/mol. The fourth-order valence-electron chi connectivity index (χ4n) is 2.42. The Labute approximate surface area is 127 Å². The van der Waals surface area contributed by atoms with E-state index in [9.17, 15) is 0 Å². The number of halogens is 2. The van der Waals surface area contributed by atoms with E-state index in [4.69, 9.17) is 23.2 Å². The Morgan fingerprint density at radius 1 is 1.37 bits per heavy atom. The van der Waals surface area contributed by atoms with Crippen molar-refractivity contribution in [3.05, 3.63) is 22.9 Å². The summed E-state index contributed by atoms with van der Waals surface area (Å²) in [6.45, 7) is 12.8. The van der Waals surface area contributed by atoms with Crippen molar-refractivity contribution < 1.29 is 0 Å². The predicted molar refractivity (Wildman–Crippen MR) is 87.2 cm³/mol. The summed E-state index contributed by atoms with van der Waals surface area (Å²) >= 11 is 13.2. The largest absolute Gasteiger partial charge is 0.241 e. The minimum atomic E-state index is -0.474. The van der Waals surface area contributed by atoms with Gasteiger partial charge in [0.2, 0.25) is 0 Å². The zero-order valence-corrected chi connectivity index (χ0v) is 14.4. The van der Waals surface area contributed by atoms with E-state index in [2.05, 4.69) is 45.7 Å². The van der Waals surface area contributed by atoms with Crippen LogP contribution in [0.5, 0.6) is 0 Å². The Hall–Kier alpha value is -0.270. The standard InChI is InChI=1S/C16H25Cl2N/c1-7-13-8-9-14(15(17)19-12(13)5)16(6,18)11(4)10(2)3/h9-11H,7-8H2,1-6H3. The Morgan fingerprint density at radius 2 is 1.95 bits per heavy atom. The lowest BCUT2D eigenvalue weighted by Crippen LogP contribution is -2.34. The molecule has 0 saturated carbocycles. The molecule has 1 aliphatic rings. The van der Waals surface area contributed by atoms with Crippen LogP contribution in [-0.2, 0) is 0 Å². The summed E-state index contributed by atoms with van der Waals surface area (Å²) in [5.41, 5.74) is 3.33. The van der Waals surface area contributed by atoms with Crippen molar-refractivity contribution in [1.29, 1.82) is 0 Å². The first-order valence-electron chi connectivity index (χ1n) is 7.04. The van der Waals surface area contributed by atoms with Gasteiger partial charge in [-0.1, -0.05) is 45.4 Å². The van der Waals surface area contributed by atoms with Gasteiger partial charge in [-0.2, -0.15) is 0 Å². The lowest BCUT2D eigenvalue weighted by molar-refractivity contribution is 0.358. The first-order chi connectivity index (χ1) is 8.71. The molecule has 3 heteroatoms. The summed E-state index contributed by atoms with van der Waals surface area (Å²) in [6, 6.07) is 0. The van der Waals surface area contributed by atoms with Crippen molar-refractivity contribution in [3.63, 3.8) is 0 Å². The molecule has 1 nitrogen and oxygen atoms in total. The highest BCUT2D eigenvalue weighted by molar-refractivity contribution is 6.70. The van der Waals surface area contributed by atoms with E-state index < -0.39 is 4.87 Å². The molecule has 0 radical (unpaired) electrons. The quantitative estimate of drug-likeness (QED) is 0.571. The van der Waals surface area contributed by atoms with Crippen LogP contribution in [0.25, 0.3) is 0 Å². The van der Waals surface area contributed by atoms with Crippen molar-refractivity contribution in [2.24, 2.45) is 16.8 Å². The molecule has 0 fully saturated rings. The maximum Gasteiger partial charge on any atom is 0.133 e. The number of allylic oxidation sites excluding steroid dienone is 4. The molecule has 0 aromatic carbocycles. The van der Waals surface area contributed by atoms with Crippen LogP contribution in [0.15, 0.2) is 27.9 Å². The van der Waals surface area contributed by atoms with Crippen LogP contribution >= 0.6 is 23.2 Å². The van der Waals surface area contributed by atoms with Gasteiger partial charge in [0, 0.05) is 11.3 Å². The minimum Gasteiger partial charge on any atom is -0.241 e. The maximum absolute atomic E-state index is 6.81. The molecule has 1 rings (SSSR count). The van der Waals surface area contributed by atoms with E-state index in [0.717, 1.165) is 24.1 Å². The Kier molecular flexibility index (Phi) is 5.70. The number of nitrogens with zero attached hydrogens (tertiary/aromatic N) is 1. The molecule has 1 aliphatic heterocycles. The molecular formula is C16H25Cl2N. The second kappa shape index (κ2) is 6.45. The third-order valence-corrected chi connectivity index (χ3v) is 5.20. The number of aliphatic imine (C=N–C) groups is 1. The highest BCUT2D eigenvalue weighted by Gasteiger charge is 2.37. The van der Waals surface area contributed by atoms with E-state index in [1.54, 1.807) is 0 Å². The second-order valence-corrected chi connectivity index (χ2v) is 7.02. The zero-order valence-electron chi connectivity index (χ0n) is 12.8. The van der Waals surface area contributed by atoms with Gasteiger partial charge in [0.25, 0.3) is 0 Å². The van der Waals surface area contributed by atoms with Crippen molar-refractivity contribution in [2.75, 3.05) is 0 Å². The topological polar surface area (TPSA) is 12.4 Å². The summed E-state index contributed by atoms with van der Waals surface area (Å²) in [5, 5.41) is 0.547. The minimum absolute atomic E-state index is 0.327. The fraction of sp³-hybridized carbons (Fsp3) is 0.688. The van der Waals surface area contributed by atoms with Gasteiger partial charge in [0.1, 0.15) is 5.17 Å². The van der Waals surface area contributed by atoms with Crippen molar-refractivity contribution in [1.82, 2.24) is 0 Å². The van der Waals surface area contributed by atoms with Gasteiger partial charge in [-0.25, -0.2) is 4.99 Å². The maximum atomic E-state index is 6.81. The normalized spacial score (nSPS) is 21.7. The van der Waals surface area contributed by atoms with Crippen molar-refractivity contribution in [2.45, 2.75) is 59.3 Å². The van der Waals surface area contributed by atoms with Gasteiger partial charge in [-0.3, -0.25) is 0 Å². The van der Waals surface area contributed by atoms with Crippen molar-refractivity contribution in [3.8, 4) is 0 Å². The highest BCUT2D eigenvalue weighted by Crippen LogP contribution is 2.40. The number of hydrogen-bond donors (Lipinski definition) is 0. The Bertz CT molecular complexity index is 428. The van der Waals surface area contributed by atoms with Crippen LogP contribution in [0.2, 0.25) is 0 Å². The molecule has 0 saturated heterocycles. The Morgan fingerprint density at radius 3 is 2.42 bits per heavy atom. The van der Waals surface area contributed by atoms with Crippen LogP contribution in [-0.4, -0.2) is 10.0 Å². The SMILES string of the molecule is CCC1=C(C)N=C(Cl)C(C(C)(Cl)C(C)C(C)C)=CC1. The molecule has 0 bridgehead atoms. The summed E-state index contributed by atoms with van der Waals surface area (Å²) in [6.07, 6.45) is 4.06. The van der Waals surface area contributed by atoms with Crippen LogP contribution in [0.4, 0.5) is 0 Å². The highest BCUT2D eigenvalue weighted by atomic mass is 35.5. The van der Waals surface area contributed by atoms with E-state index >= 15 is 0 Å². The molecular weight excluding hydrogens is 277 g/mol. The first kappa shape index (κ1) is 16.8. The first-order valence-corrected chi connectivity index (χ1v) is 7.80. The molecule has 0 aliphatic carbocycles. The van der Waals surface area contributed by atoms with Crippen molar-refractivity contribution >= 4 is 28.4 Å². The molecule has 0 aromatic rings. The Balaban J connectivity index is 3.16. The molecule has 0 spiro atoms. The third-order valence-electron chi connectivity index (χ3n) is 4.36. The summed E-state index contributed by atoms with van der Waals surface area (Å²) in [5.74, 6) is 0.823. The van der Waals surface area contributed by atoms with E-state index in [-0.39, 0.29) is 0 Å². The lowest BCUT2D eigenvalue weighted by atomic mass is 9.80. The predicted octanol–water partition coefficient (Wildman–Crippen LogP) is 5.93. The van der Waals surface area contributed by atoms with Crippen LogP contribution in [0, 0.1) is 11.8 Å². The fourth-order valence-corrected chi connectivity index (χ4v) is 3.28. The van der Waals surface area contributed by atoms with Gasteiger partial charge in [0.15, 0.2) is 0 Å². The summed E-state index contributed by atoms with van der Waals surface area (Å²) in [7, 11) is 0. The number of alkyl halides is 1. The molecule has 19 heavy (non-hydrogen) atoms. The average molecular weight is 302 g/mol. The molecule has 2 unspecified atom stereocenters. The summed E-state index contributed by atoms with van der Waals surface area (Å²) in [4.78, 5) is 4.05. The van der Waals surface area contributed by atoms with E-state index in [0.29, 0.717) is 17.0 Å². The van der Waals surface area contributed by atoms with Gasteiger partial charge >= 0.3 is 0 Å². The zero-order chi connectivity index (χ0) is 14.8. The molecule has 1 heterocycles. The summed E-state index contributed by atoms with van der Waals surface area (Å²) < 4.78 is 0. The van der Waals surface area contributed by atoms with Gasteiger partial charge in [0.05, 0.1) is 4.87 Å². The van der Waals surface area contributed by atoms with Crippen LogP contribution in [0.3, 0.4) is 0 Å². The van der Waals surface area contributed by atoms with Gasteiger partial charge in [-0.15, -0.1) is 11.6 Å². The molecule has 0 amide bonds. The smallest absolute Gasteiger partial charge is 0.133 e. The third kappa shape index (κ3) is 3.64. The number of rotatable bonds is 4. The number of hydrogen-bond acceptors (Lipinski definition) is 1. The van der Waals surface area contributed by atoms with E-state index in [1.807, 2.05) is 6.92 Å². The van der Waals surface area contributed by atoms with Crippen LogP contribution in [0.1, 0.15) is 54.4 Å². The second-order valence-electron chi connectivity index (χ2n) is 5.88. The molecule has 0 N–H and O–H groups in total. The molecule has 0 aromatic heterocycles. The molecule has 2 atom stereocenters. The van der Waals surface area contributed by atoms with Crippen LogP contribution < -0.4 is 0 Å². The van der Waals surface area contributed by atoms with Gasteiger partial charge in [-0.05, 0) is 44.1 Å². The average Bonchev–Trinajstić information content (AvgIpc) is 2.46. The van der Waals surface area contributed by atoms with E-state index in [1.165, 1.54) is 5.57 Å².